The van der Waals surface area contributed by atoms with Crippen LogP contribution in [-0.2, 0) is 14.8 Å². The quantitative estimate of drug-likeness (QED) is 0.540. The molecular weight excluding hydrogens is 428 g/mol. The molecule has 0 saturated carbocycles. The molecule has 0 fully saturated rings. The fourth-order valence-electron chi connectivity index (χ4n) is 3.26. The third kappa shape index (κ3) is 4.92. The largest absolute Gasteiger partial charge is 0.454 e. The molecule has 0 atom stereocenters. The number of hydrogen-bond donors (Lipinski definition) is 2. The van der Waals surface area contributed by atoms with Crippen LogP contribution in [0.25, 0.3) is 6.08 Å². The Morgan fingerprint density at radius 3 is 2.56 bits per heavy atom. The fourth-order valence-corrected chi connectivity index (χ4v) is 4.58. The van der Waals surface area contributed by atoms with Gasteiger partial charge in [-0.2, -0.15) is 0 Å². The number of sulfonamides is 1. The van der Waals surface area contributed by atoms with Gasteiger partial charge in [-0.3, -0.25) is 9.52 Å². The molecule has 8 heteroatoms. The van der Waals surface area contributed by atoms with Crippen molar-refractivity contribution in [2.75, 3.05) is 16.8 Å². The van der Waals surface area contributed by atoms with Crippen LogP contribution in [0, 0.1) is 13.8 Å². The molecular formula is C24H22N2O5S. The topological polar surface area (TPSA) is 93.7 Å². The van der Waals surface area contributed by atoms with E-state index in [1.807, 2.05) is 19.1 Å². The van der Waals surface area contributed by atoms with E-state index in [0.29, 0.717) is 28.4 Å². The summed E-state index contributed by atoms with van der Waals surface area (Å²) in [5, 5.41) is 2.70. The van der Waals surface area contributed by atoms with E-state index in [-0.39, 0.29) is 17.6 Å². The van der Waals surface area contributed by atoms with Gasteiger partial charge in [0, 0.05) is 17.5 Å². The Morgan fingerprint density at radius 1 is 0.938 bits per heavy atom. The highest BCUT2D eigenvalue weighted by Crippen LogP contribution is 2.32. The molecule has 0 saturated heterocycles. The average molecular weight is 451 g/mol. The van der Waals surface area contributed by atoms with Gasteiger partial charge < -0.3 is 14.8 Å². The van der Waals surface area contributed by atoms with Gasteiger partial charge in [0.15, 0.2) is 11.5 Å². The molecule has 3 aromatic carbocycles. The predicted octanol–water partition coefficient (Wildman–Crippen LogP) is 4.48. The molecule has 0 spiro atoms. The maximum absolute atomic E-state index is 12.9. The zero-order valence-corrected chi connectivity index (χ0v) is 18.4. The molecule has 1 aliphatic rings. The summed E-state index contributed by atoms with van der Waals surface area (Å²) in [6, 6.07) is 17.2. The second-order valence-corrected chi connectivity index (χ2v) is 9.04. The maximum atomic E-state index is 12.9. The Kier molecular flexibility index (Phi) is 5.87. The van der Waals surface area contributed by atoms with Crippen LogP contribution in [0.5, 0.6) is 11.5 Å². The number of aryl methyl sites for hydroxylation is 2. The molecule has 164 valence electrons. The highest BCUT2D eigenvalue weighted by Gasteiger charge is 2.18. The van der Waals surface area contributed by atoms with Crippen LogP contribution in [0.4, 0.5) is 11.4 Å². The monoisotopic (exact) mass is 450 g/mol. The summed E-state index contributed by atoms with van der Waals surface area (Å²) in [6.45, 7) is 3.77. The van der Waals surface area contributed by atoms with Crippen molar-refractivity contribution in [2.24, 2.45) is 0 Å². The van der Waals surface area contributed by atoms with Gasteiger partial charge in [0.2, 0.25) is 12.7 Å². The summed E-state index contributed by atoms with van der Waals surface area (Å²) in [6.07, 6.45) is 3.01. The van der Waals surface area contributed by atoms with Crippen LogP contribution in [0.15, 0.2) is 71.6 Å². The number of fused-ring (bicyclic) bond motifs is 1. The summed E-state index contributed by atoms with van der Waals surface area (Å²) in [5.41, 5.74) is 3.14. The van der Waals surface area contributed by atoms with E-state index in [1.165, 1.54) is 12.1 Å². The molecule has 1 aliphatic heterocycles. The van der Waals surface area contributed by atoms with Crippen molar-refractivity contribution < 1.29 is 22.7 Å². The lowest BCUT2D eigenvalue weighted by Gasteiger charge is -2.12. The molecule has 32 heavy (non-hydrogen) atoms. The Morgan fingerprint density at radius 2 is 1.75 bits per heavy atom. The molecule has 1 amide bonds. The highest BCUT2D eigenvalue weighted by molar-refractivity contribution is 7.92. The minimum atomic E-state index is -3.83. The molecule has 0 unspecified atom stereocenters. The van der Waals surface area contributed by atoms with Crippen molar-refractivity contribution in [3.63, 3.8) is 0 Å². The third-order valence-electron chi connectivity index (χ3n) is 4.84. The Hall–Kier alpha value is -3.78. The lowest BCUT2D eigenvalue weighted by Crippen LogP contribution is -2.15. The van der Waals surface area contributed by atoms with E-state index in [1.54, 1.807) is 55.5 Å². The van der Waals surface area contributed by atoms with Gasteiger partial charge in [-0.1, -0.05) is 24.3 Å². The first kappa shape index (κ1) is 21.5. The number of nitrogens with one attached hydrogen (secondary N) is 2. The van der Waals surface area contributed by atoms with Crippen molar-refractivity contribution in [2.45, 2.75) is 18.7 Å². The van der Waals surface area contributed by atoms with Crippen LogP contribution in [0.2, 0.25) is 0 Å². The highest BCUT2D eigenvalue weighted by atomic mass is 32.2. The van der Waals surface area contributed by atoms with Gasteiger partial charge in [0.25, 0.3) is 10.0 Å². The number of hydrogen-bond acceptors (Lipinski definition) is 5. The predicted molar refractivity (Wildman–Crippen MR) is 123 cm³/mol. The van der Waals surface area contributed by atoms with E-state index < -0.39 is 10.0 Å². The lowest BCUT2D eigenvalue weighted by molar-refractivity contribution is -0.111. The van der Waals surface area contributed by atoms with E-state index in [0.717, 1.165) is 11.1 Å². The molecule has 3 aromatic rings. The first-order chi connectivity index (χ1) is 15.3. The van der Waals surface area contributed by atoms with Crippen molar-refractivity contribution in [3.05, 3.63) is 83.4 Å². The number of amides is 1. The number of benzene rings is 3. The van der Waals surface area contributed by atoms with Gasteiger partial charge >= 0.3 is 0 Å². The van der Waals surface area contributed by atoms with Crippen molar-refractivity contribution >= 4 is 33.4 Å². The molecule has 0 radical (unpaired) electrons. The zero-order valence-electron chi connectivity index (χ0n) is 17.6. The van der Waals surface area contributed by atoms with Gasteiger partial charge in [-0.05, 0) is 73.0 Å². The first-order valence-electron chi connectivity index (χ1n) is 9.89. The number of carbonyl (C=O) groups is 1. The summed E-state index contributed by atoms with van der Waals surface area (Å²) in [7, 11) is -3.83. The second-order valence-electron chi connectivity index (χ2n) is 7.39. The van der Waals surface area contributed by atoms with Gasteiger partial charge in [-0.15, -0.1) is 0 Å². The summed E-state index contributed by atoms with van der Waals surface area (Å²) >= 11 is 0. The average Bonchev–Trinajstić information content (AvgIpc) is 3.21. The molecule has 0 aliphatic carbocycles. The van der Waals surface area contributed by atoms with Crippen molar-refractivity contribution in [1.29, 1.82) is 0 Å². The molecule has 1 heterocycles. The molecule has 0 aromatic heterocycles. The van der Waals surface area contributed by atoms with Gasteiger partial charge in [0.05, 0.1) is 4.90 Å². The molecule has 7 nitrogen and oxygen atoms in total. The smallest absolute Gasteiger partial charge is 0.262 e. The Balaban J connectivity index is 1.49. The molecule has 4 rings (SSSR count). The van der Waals surface area contributed by atoms with E-state index in [4.69, 9.17) is 9.47 Å². The van der Waals surface area contributed by atoms with Crippen molar-refractivity contribution in [3.8, 4) is 11.5 Å². The van der Waals surface area contributed by atoms with E-state index in [2.05, 4.69) is 10.0 Å². The molecule has 0 bridgehead atoms. The summed E-state index contributed by atoms with van der Waals surface area (Å²) < 4.78 is 39.0. The van der Waals surface area contributed by atoms with Crippen LogP contribution < -0.4 is 19.5 Å². The van der Waals surface area contributed by atoms with Gasteiger partial charge in [-0.25, -0.2) is 8.42 Å². The van der Waals surface area contributed by atoms with E-state index in [9.17, 15) is 13.2 Å². The van der Waals surface area contributed by atoms with E-state index >= 15 is 0 Å². The standard InChI is InChI=1S/C24H22N2O5S/c1-16-4-3-5-20(12-16)26-32(28,29)23-14-19(9-6-17(23)2)25-24(27)11-8-18-7-10-21-22(13-18)31-15-30-21/h3-14,26H,15H2,1-2H3,(H,25,27). The summed E-state index contributed by atoms with van der Waals surface area (Å²) in [5.74, 6) is 0.905. The number of ether oxygens (including phenoxy) is 2. The molecule has 2 N–H and O–H groups in total. The number of rotatable bonds is 6. The Labute approximate surface area is 186 Å². The third-order valence-corrected chi connectivity index (χ3v) is 6.36. The van der Waals surface area contributed by atoms with Crippen LogP contribution >= 0.6 is 0 Å². The zero-order chi connectivity index (χ0) is 22.7. The van der Waals surface area contributed by atoms with Crippen LogP contribution in [0.3, 0.4) is 0 Å². The normalized spacial score (nSPS) is 12.7. The fraction of sp³-hybridized carbons (Fsp3) is 0.125. The van der Waals surface area contributed by atoms with Crippen molar-refractivity contribution in [1.82, 2.24) is 0 Å². The summed E-state index contributed by atoms with van der Waals surface area (Å²) in [4.78, 5) is 12.5. The van der Waals surface area contributed by atoms with Gasteiger partial charge in [0.1, 0.15) is 0 Å². The minimum absolute atomic E-state index is 0.0940. The van der Waals surface area contributed by atoms with Crippen LogP contribution in [0.1, 0.15) is 16.7 Å². The maximum Gasteiger partial charge on any atom is 0.262 e. The first-order valence-corrected chi connectivity index (χ1v) is 11.4. The Bertz CT molecular complexity index is 1320. The minimum Gasteiger partial charge on any atom is -0.454 e. The SMILES string of the molecule is Cc1cccc(NS(=O)(=O)c2cc(NC(=O)C=Cc3ccc4c(c3)OCO4)ccc2C)c1. The van der Waals surface area contributed by atoms with Crippen LogP contribution in [-0.4, -0.2) is 21.1 Å². The second kappa shape index (κ2) is 8.76. The lowest BCUT2D eigenvalue weighted by atomic mass is 10.2. The number of anilines is 2. The number of carbonyl (C=O) groups excluding carboxylic acids is 1.